The first-order valence-electron chi connectivity index (χ1n) is 9.61. The van der Waals surface area contributed by atoms with E-state index in [0.717, 1.165) is 22.3 Å². The van der Waals surface area contributed by atoms with Gasteiger partial charge in [-0.2, -0.15) is 0 Å². The van der Waals surface area contributed by atoms with Crippen molar-refractivity contribution in [2.75, 3.05) is 18.9 Å². The largest absolute Gasteiger partial charge is 0.335 e. The van der Waals surface area contributed by atoms with Gasteiger partial charge in [0.25, 0.3) is 0 Å². The Bertz CT molecular complexity index is 1110. The molecule has 2 aromatic carbocycles. The molecule has 1 heterocycles. The molecule has 29 heavy (non-hydrogen) atoms. The first-order chi connectivity index (χ1) is 13.8. The lowest BCUT2D eigenvalue weighted by Gasteiger charge is -2.18. The number of carbonyl (C=O) groups is 2. The molecule has 0 radical (unpaired) electrons. The molecular weight excluding hydrogens is 368 g/mol. The Morgan fingerprint density at radius 1 is 0.966 bits per heavy atom. The molecule has 7 heteroatoms. The number of rotatable bonds is 6. The molecule has 0 aliphatic heterocycles. The average molecular weight is 394 g/mol. The molecule has 0 bridgehead atoms. The van der Waals surface area contributed by atoms with Crippen molar-refractivity contribution in [1.82, 2.24) is 14.0 Å². The molecule has 3 rings (SSSR count). The lowest BCUT2D eigenvalue weighted by molar-refractivity contribution is -0.133. The van der Waals surface area contributed by atoms with E-state index in [1.165, 1.54) is 9.47 Å². The number of para-hydroxylation sites is 3. The molecule has 152 valence electrons. The van der Waals surface area contributed by atoms with Gasteiger partial charge in [0.2, 0.25) is 11.8 Å². The second-order valence-electron chi connectivity index (χ2n) is 7.17. The molecule has 2 amide bonds. The molecule has 1 N–H and O–H groups in total. The Hall–Kier alpha value is -3.35. The number of anilines is 1. The first kappa shape index (κ1) is 20.4. The molecular formula is C22H26N4O3. The minimum Gasteiger partial charge on any atom is -0.335 e. The zero-order valence-electron chi connectivity index (χ0n) is 17.2. The number of carbonyl (C=O) groups excluding carboxylic acids is 2. The molecule has 1 aromatic heterocycles. The highest BCUT2D eigenvalue weighted by Gasteiger charge is 2.18. The number of fused-ring (bicyclic) bond motifs is 1. The minimum absolute atomic E-state index is 0.0895. The van der Waals surface area contributed by atoms with E-state index >= 15 is 0 Å². The number of aryl methyl sites for hydroxylation is 3. The third-order valence-electron chi connectivity index (χ3n) is 5.09. The maximum Gasteiger partial charge on any atom is 0.329 e. The fourth-order valence-corrected chi connectivity index (χ4v) is 3.48. The number of hydrogen-bond donors (Lipinski definition) is 1. The van der Waals surface area contributed by atoms with Gasteiger partial charge in [0.1, 0.15) is 6.54 Å². The van der Waals surface area contributed by atoms with Crippen LogP contribution in [0.5, 0.6) is 0 Å². The first-order valence-corrected chi connectivity index (χ1v) is 9.61. The number of likely N-dealkylation sites (N-methyl/N-ethyl adjacent to an activating group) is 1. The van der Waals surface area contributed by atoms with Gasteiger partial charge >= 0.3 is 5.69 Å². The Kier molecular flexibility index (Phi) is 5.87. The van der Waals surface area contributed by atoms with Crippen molar-refractivity contribution in [2.45, 2.75) is 33.9 Å². The lowest BCUT2D eigenvalue weighted by Crippen LogP contribution is -2.39. The van der Waals surface area contributed by atoms with E-state index in [2.05, 4.69) is 5.32 Å². The fourth-order valence-electron chi connectivity index (χ4n) is 3.48. The predicted molar refractivity (Wildman–Crippen MR) is 114 cm³/mol. The van der Waals surface area contributed by atoms with Crippen LogP contribution in [-0.4, -0.2) is 39.4 Å². The van der Waals surface area contributed by atoms with Crippen LogP contribution in [-0.2, 0) is 22.7 Å². The normalized spacial score (nSPS) is 10.9. The standard InChI is InChI=1S/C22H26N4O3/c1-5-25-17-11-6-7-12-18(17)26(22(25)29)14-20(28)24(4)13-19(27)23-21-15(2)9-8-10-16(21)3/h6-12H,5,13-14H2,1-4H3,(H,23,27). The molecule has 0 spiro atoms. The van der Waals surface area contributed by atoms with Crippen molar-refractivity contribution in [3.05, 3.63) is 64.1 Å². The van der Waals surface area contributed by atoms with Crippen molar-refractivity contribution in [3.8, 4) is 0 Å². The molecule has 0 aliphatic rings. The SMILES string of the molecule is CCn1c(=O)n(CC(=O)N(C)CC(=O)Nc2c(C)cccc2C)c2ccccc21. The summed E-state index contributed by atoms with van der Waals surface area (Å²) in [4.78, 5) is 39.2. The van der Waals surface area contributed by atoms with E-state index < -0.39 is 0 Å². The van der Waals surface area contributed by atoms with Gasteiger partial charge in [-0.3, -0.25) is 18.7 Å². The monoisotopic (exact) mass is 394 g/mol. The van der Waals surface area contributed by atoms with Gasteiger partial charge < -0.3 is 10.2 Å². The van der Waals surface area contributed by atoms with E-state index in [1.54, 1.807) is 11.6 Å². The summed E-state index contributed by atoms with van der Waals surface area (Å²) in [5.41, 5.74) is 3.97. The number of aromatic nitrogens is 2. The van der Waals surface area contributed by atoms with Gasteiger partial charge in [0.15, 0.2) is 0 Å². The maximum absolute atomic E-state index is 12.7. The zero-order chi connectivity index (χ0) is 21.1. The van der Waals surface area contributed by atoms with Crippen molar-refractivity contribution in [2.24, 2.45) is 0 Å². The summed E-state index contributed by atoms with van der Waals surface area (Å²) >= 11 is 0. The quantitative estimate of drug-likeness (QED) is 0.698. The van der Waals surface area contributed by atoms with E-state index in [1.807, 2.05) is 63.2 Å². The van der Waals surface area contributed by atoms with Gasteiger partial charge in [-0.25, -0.2) is 4.79 Å². The van der Waals surface area contributed by atoms with Crippen LogP contribution in [0.4, 0.5) is 5.69 Å². The maximum atomic E-state index is 12.7. The summed E-state index contributed by atoms with van der Waals surface area (Å²) < 4.78 is 3.09. The van der Waals surface area contributed by atoms with Crippen molar-refractivity contribution in [1.29, 1.82) is 0 Å². The molecule has 0 aliphatic carbocycles. The summed E-state index contributed by atoms with van der Waals surface area (Å²) in [5, 5.41) is 2.88. The summed E-state index contributed by atoms with van der Waals surface area (Å²) in [5.74, 6) is -0.579. The molecule has 0 saturated carbocycles. The van der Waals surface area contributed by atoms with Crippen LogP contribution in [0.3, 0.4) is 0 Å². The Morgan fingerprint density at radius 3 is 2.14 bits per heavy atom. The van der Waals surface area contributed by atoms with Gasteiger partial charge in [0.05, 0.1) is 17.6 Å². The summed E-state index contributed by atoms with van der Waals surface area (Å²) in [6, 6.07) is 13.2. The predicted octanol–water partition coefficient (Wildman–Crippen LogP) is 2.54. The van der Waals surface area contributed by atoms with E-state index in [0.29, 0.717) is 12.1 Å². The van der Waals surface area contributed by atoms with Gasteiger partial charge in [-0.15, -0.1) is 0 Å². The van der Waals surface area contributed by atoms with E-state index in [-0.39, 0.29) is 30.6 Å². The van der Waals surface area contributed by atoms with Crippen LogP contribution in [0, 0.1) is 13.8 Å². The zero-order valence-corrected chi connectivity index (χ0v) is 17.2. The minimum atomic E-state index is -0.303. The number of hydrogen-bond acceptors (Lipinski definition) is 3. The molecule has 0 fully saturated rings. The Morgan fingerprint density at radius 2 is 1.55 bits per heavy atom. The van der Waals surface area contributed by atoms with Crippen LogP contribution < -0.4 is 11.0 Å². The van der Waals surface area contributed by atoms with E-state index in [9.17, 15) is 14.4 Å². The summed E-state index contributed by atoms with van der Waals surface area (Å²) in [6.07, 6.45) is 0. The smallest absolute Gasteiger partial charge is 0.329 e. The highest BCUT2D eigenvalue weighted by atomic mass is 16.2. The van der Waals surface area contributed by atoms with Crippen LogP contribution in [0.1, 0.15) is 18.1 Å². The number of imidazole rings is 1. The average Bonchev–Trinajstić information content (AvgIpc) is 2.96. The van der Waals surface area contributed by atoms with Gasteiger partial charge in [-0.05, 0) is 44.0 Å². The van der Waals surface area contributed by atoms with Gasteiger partial charge in [-0.1, -0.05) is 30.3 Å². The molecule has 7 nitrogen and oxygen atoms in total. The second kappa shape index (κ2) is 8.34. The molecule has 0 unspecified atom stereocenters. The Labute approximate surface area is 169 Å². The number of amides is 2. The second-order valence-corrected chi connectivity index (χ2v) is 7.17. The van der Waals surface area contributed by atoms with Crippen LogP contribution in [0.25, 0.3) is 11.0 Å². The number of nitrogens with zero attached hydrogens (tertiary/aromatic N) is 3. The third-order valence-corrected chi connectivity index (χ3v) is 5.09. The summed E-state index contributed by atoms with van der Waals surface area (Å²) in [7, 11) is 1.57. The number of benzene rings is 2. The van der Waals surface area contributed by atoms with E-state index in [4.69, 9.17) is 0 Å². The molecule has 0 saturated heterocycles. The van der Waals surface area contributed by atoms with Crippen molar-refractivity contribution in [3.63, 3.8) is 0 Å². The highest BCUT2D eigenvalue weighted by molar-refractivity contribution is 5.95. The van der Waals surface area contributed by atoms with Crippen LogP contribution in [0.2, 0.25) is 0 Å². The van der Waals surface area contributed by atoms with Crippen LogP contribution in [0.15, 0.2) is 47.3 Å². The molecule has 0 atom stereocenters. The van der Waals surface area contributed by atoms with Gasteiger partial charge in [0, 0.05) is 19.3 Å². The highest BCUT2D eigenvalue weighted by Crippen LogP contribution is 2.19. The lowest BCUT2D eigenvalue weighted by atomic mass is 10.1. The molecule has 3 aromatic rings. The third kappa shape index (κ3) is 4.08. The fraction of sp³-hybridized carbons (Fsp3) is 0.318. The topological polar surface area (TPSA) is 76.3 Å². The Balaban J connectivity index is 1.73. The summed E-state index contributed by atoms with van der Waals surface area (Å²) in [6.45, 7) is 6.06. The number of nitrogens with one attached hydrogen (secondary N) is 1. The van der Waals surface area contributed by atoms with Crippen molar-refractivity contribution < 1.29 is 9.59 Å². The van der Waals surface area contributed by atoms with Crippen molar-refractivity contribution >= 4 is 28.5 Å². The van der Waals surface area contributed by atoms with Crippen LogP contribution >= 0.6 is 0 Å².